The van der Waals surface area contributed by atoms with Crippen molar-refractivity contribution >= 4 is 29.9 Å². The molecule has 2 N–H and O–H groups in total. The molecule has 0 amide bonds. The molecule has 1 heterocycles. The zero-order valence-corrected chi connectivity index (χ0v) is 18.1. The van der Waals surface area contributed by atoms with Gasteiger partial charge < -0.3 is 15.4 Å². The number of likely N-dealkylation sites (tertiary alicyclic amines) is 1. The van der Waals surface area contributed by atoms with E-state index in [1.54, 1.807) is 7.11 Å². The second-order valence-electron chi connectivity index (χ2n) is 7.31. The van der Waals surface area contributed by atoms with Gasteiger partial charge in [-0.05, 0) is 39.2 Å². The Bertz CT molecular complexity index is 347. The summed E-state index contributed by atoms with van der Waals surface area (Å²) in [6.07, 6.45) is 3.95. The van der Waals surface area contributed by atoms with Crippen LogP contribution in [-0.4, -0.2) is 62.8 Å². The average molecular weight is 440 g/mol. The van der Waals surface area contributed by atoms with Crippen LogP contribution in [0.15, 0.2) is 4.99 Å². The lowest BCUT2D eigenvalue weighted by Crippen LogP contribution is -2.51. The van der Waals surface area contributed by atoms with Gasteiger partial charge in [0.05, 0.1) is 5.60 Å². The number of hydrogen-bond acceptors (Lipinski definition) is 3. The minimum atomic E-state index is -0.188. The highest BCUT2D eigenvalue weighted by molar-refractivity contribution is 14.0. The maximum Gasteiger partial charge on any atom is 0.191 e. The van der Waals surface area contributed by atoms with Crippen LogP contribution in [0.5, 0.6) is 0 Å². The molecule has 0 bridgehead atoms. The topological polar surface area (TPSA) is 48.9 Å². The molecule has 6 heteroatoms. The lowest BCUT2D eigenvalue weighted by Gasteiger charge is -2.37. The number of methoxy groups -OCH3 is 1. The van der Waals surface area contributed by atoms with Crippen LogP contribution in [0.25, 0.3) is 0 Å². The number of ether oxygens (including phenoxy) is 1. The van der Waals surface area contributed by atoms with E-state index in [-0.39, 0.29) is 29.6 Å². The number of halogens is 1. The zero-order valence-electron chi connectivity index (χ0n) is 15.8. The molecule has 0 spiro atoms. The Morgan fingerprint density at radius 2 is 2.00 bits per heavy atom. The number of nitrogens with zero attached hydrogens (tertiary/aromatic N) is 2. The minimum Gasteiger partial charge on any atom is -0.377 e. The van der Waals surface area contributed by atoms with E-state index in [2.05, 4.69) is 48.2 Å². The predicted octanol–water partition coefficient (Wildman–Crippen LogP) is 2.70. The molecular formula is C17H37IN4O. The Morgan fingerprint density at radius 3 is 2.57 bits per heavy atom. The third-order valence-corrected chi connectivity index (χ3v) is 4.31. The fourth-order valence-electron chi connectivity index (χ4n) is 2.80. The van der Waals surface area contributed by atoms with Crippen molar-refractivity contribution < 1.29 is 4.74 Å². The second kappa shape index (κ2) is 11.5. The van der Waals surface area contributed by atoms with Gasteiger partial charge in [-0.25, -0.2) is 0 Å². The quantitative estimate of drug-likeness (QED) is 0.363. The first-order chi connectivity index (χ1) is 10.4. The van der Waals surface area contributed by atoms with Crippen molar-refractivity contribution in [3.63, 3.8) is 0 Å². The first-order valence-corrected chi connectivity index (χ1v) is 8.61. The van der Waals surface area contributed by atoms with E-state index in [0.717, 1.165) is 25.0 Å². The molecule has 1 fully saturated rings. The van der Waals surface area contributed by atoms with Crippen LogP contribution in [0.1, 0.15) is 47.0 Å². The smallest absolute Gasteiger partial charge is 0.191 e. The molecule has 1 atom stereocenters. The molecule has 1 rings (SSSR count). The van der Waals surface area contributed by atoms with Crippen LogP contribution in [0.2, 0.25) is 0 Å². The van der Waals surface area contributed by atoms with Crippen LogP contribution >= 0.6 is 24.0 Å². The first-order valence-electron chi connectivity index (χ1n) is 8.61. The van der Waals surface area contributed by atoms with E-state index in [4.69, 9.17) is 4.74 Å². The molecule has 0 aromatic rings. The van der Waals surface area contributed by atoms with Crippen LogP contribution < -0.4 is 10.6 Å². The van der Waals surface area contributed by atoms with E-state index in [0.29, 0.717) is 6.04 Å². The van der Waals surface area contributed by atoms with Gasteiger partial charge in [-0.3, -0.25) is 9.89 Å². The summed E-state index contributed by atoms with van der Waals surface area (Å²) >= 11 is 0. The molecule has 1 aliphatic rings. The summed E-state index contributed by atoms with van der Waals surface area (Å²) in [6, 6.07) is 0.616. The number of piperidine rings is 1. The summed E-state index contributed by atoms with van der Waals surface area (Å²) in [5.41, 5.74) is -0.188. The van der Waals surface area contributed by atoms with Crippen LogP contribution in [0.4, 0.5) is 0 Å². The van der Waals surface area contributed by atoms with Gasteiger partial charge in [-0.2, -0.15) is 0 Å². The van der Waals surface area contributed by atoms with Crippen molar-refractivity contribution in [2.24, 2.45) is 10.9 Å². The molecule has 0 aromatic heterocycles. The molecule has 0 saturated carbocycles. The van der Waals surface area contributed by atoms with Crippen molar-refractivity contribution in [1.82, 2.24) is 15.5 Å². The molecule has 1 aliphatic heterocycles. The summed E-state index contributed by atoms with van der Waals surface area (Å²) in [5, 5.41) is 6.83. The summed E-state index contributed by atoms with van der Waals surface area (Å²) < 4.78 is 5.43. The second-order valence-corrected chi connectivity index (χ2v) is 7.31. The molecule has 0 radical (unpaired) electrons. The van der Waals surface area contributed by atoms with E-state index < -0.39 is 0 Å². The van der Waals surface area contributed by atoms with Crippen molar-refractivity contribution in [3.8, 4) is 0 Å². The Balaban J connectivity index is 0.00000484. The van der Waals surface area contributed by atoms with Gasteiger partial charge in [-0.15, -0.1) is 24.0 Å². The van der Waals surface area contributed by atoms with Gasteiger partial charge in [0.25, 0.3) is 0 Å². The van der Waals surface area contributed by atoms with E-state index in [9.17, 15) is 0 Å². The molecule has 138 valence electrons. The highest BCUT2D eigenvalue weighted by atomic mass is 127. The van der Waals surface area contributed by atoms with E-state index in [1.807, 2.05) is 7.05 Å². The number of guanidine groups is 1. The monoisotopic (exact) mass is 440 g/mol. The van der Waals surface area contributed by atoms with Gasteiger partial charge in [0.1, 0.15) is 0 Å². The number of nitrogens with one attached hydrogen (secondary N) is 2. The molecule has 1 unspecified atom stereocenters. The minimum absolute atomic E-state index is 0. The summed E-state index contributed by atoms with van der Waals surface area (Å²) in [6.45, 7) is 12.8. The number of hydrogen-bond donors (Lipinski definition) is 2. The molecular weight excluding hydrogens is 403 g/mol. The van der Waals surface area contributed by atoms with Crippen molar-refractivity contribution in [3.05, 3.63) is 0 Å². The molecule has 1 saturated heterocycles. The maximum absolute atomic E-state index is 5.43. The molecule has 0 aromatic carbocycles. The first kappa shape index (κ1) is 22.9. The highest BCUT2D eigenvalue weighted by Crippen LogP contribution is 2.17. The average Bonchev–Trinajstić information content (AvgIpc) is 2.48. The number of rotatable bonds is 7. The lowest BCUT2D eigenvalue weighted by molar-refractivity contribution is 0.0268. The van der Waals surface area contributed by atoms with Crippen molar-refractivity contribution in [2.75, 3.05) is 40.3 Å². The van der Waals surface area contributed by atoms with Crippen molar-refractivity contribution in [1.29, 1.82) is 0 Å². The largest absolute Gasteiger partial charge is 0.377 e. The van der Waals surface area contributed by atoms with E-state index in [1.165, 1.54) is 32.4 Å². The standard InChI is InChI=1S/C17H36N4O.HI/c1-14(2)12-21-10-8-7-9-15(21)11-19-16(18-5)20-13-17(3,4)22-6;/h14-15H,7-13H2,1-6H3,(H2,18,19,20);1H. The maximum atomic E-state index is 5.43. The summed E-state index contributed by atoms with van der Waals surface area (Å²) in [7, 11) is 3.56. The fourth-order valence-corrected chi connectivity index (χ4v) is 2.80. The van der Waals surface area contributed by atoms with Crippen LogP contribution in [0.3, 0.4) is 0 Å². The van der Waals surface area contributed by atoms with Gasteiger partial charge >= 0.3 is 0 Å². The Morgan fingerprint density at radius 1 is 1.30 bits per heavy atom. The normalized spacial score (nSPS) is 20.3. The van der Waals surface area contributed by atoms with Crippen LogP contribution in [0, 0.1) is 5.92 Å². The summed E-state index contributed by atoms with van der Waals surface area (Å²) in [5.74, 6) is 1.58. The van der Waals surface area contributed by atoms with Gasteiger partial charge in [0.2, 0.25) is 0 Å². The Kier molecular flexibility index (Phi) is 11.4. The third-order valence-electron chi connectivity index (χ3n) is 4.31. The van der Waals surface area contributed by atoms with Gasteiger partial charge in [0, 0.05) is 39.8 Å². The fraction of sp³-hybridized carbons (Fsp3) is 0.941. The molecule has 0 aliphatic carbocycles. The lowest BCUT2D eigenvalue weighted by atomic mass is 10.0. The predicted molar refractivity (Wildman–Crippen MR) is 110 cm³/mol. The molecule has 23 heavy (non-hydrogen) atoms. The SMILES string of the molecule is CN=C(NCC1CCCCN1CC(C)C)NCC(C)(C)OC.I. The van der Waals surface area contributed by atoms with Gasteiger partial charge in [0.15, 0.2) is 5.96 Å². The van der Waals surface area contributed by atoms with Gasteiger partial charge in [-0.1, -0.05) is 20.3 Å². The Hall–Kier alpha value is -0.0800. The summed E-state index contributed by atoms with van der Waals surface area (Å²) in [4.78, 5) is 6.95. The zero-order chi connectivity index (χ0) is 16.6. The Labute approximate surface area is 160 Å². The highest BCUT2D eigenvalue weighted by Gasteiger charge is 2.23. The van der Waals surface area contributed by atoms with E-state index >= 15 is 0 Å². The van der Waals surface area contributed by atoms with Crippen molar-refractivity contribution in [2.45, 2.75) is 58.6 Å². The number of aliphatic imine (C=N–C) groups is 1. The third kappa shape index (κ3) is 9.10. The van der Waals surface area contributed by atoms with Crippen LogP contribution in [-0.2, 0) is 4.74 Å². The molecule has 5 nitrogen and oxygen atoms in total.